The van der Waals surface area contributed by atoms with Crippen molar-refractivity contribution in [3.05, 3.63) is 108 Å². The second kappa shape index (κ2) is 10.5. The molecule has 0 aliphatic rings. The van der Waals surface area contributed by atoms with Crippen molar-refractivity contribution in [3.8, 4) is 11.3 Å². The van der Waals surface area contributed by atoms with Crippen LogP contribution in [0.15, 0.2) is 91.4 Å². The van der Waals surface area contributed by atoms with Crippen LogP contribution in [-0.2, 0) is 12.0 Å². The maximum atomic E-state index is 12.9. The molecule has 2 aromatic heterocycles. The molecule has 0 radical (unpaired) electrons. The van der Waals surface area contributed by atoms with E-state index in [0.717, 1.165) is 29.1 Å². The number of amides is 1. The van der Waals surface area contributed by atoms with Gasteiger partial charge in [-0.2, -0.15) is 0 Å². The molecule has 0 atom stereocenters. The van der Waals surface area contributed by atoms with Gasteiger partial charge in [-0.15, -0.1) is 0 Å². The van der Waals surface area contributed by atoms with Crippen LogP contribution in [0.3, 0.4) is 0 Å². The molecule has 0 aliphatic heterocycles. The zero-order valence-corrected chi connectivity index (χ0v) is 22.1. The van der Waals surface area contributed by atoms with Gasteiger partial charge in [-0.25, -0.2) is 9.97 Å². The Labute approximate surface area is 223 Å². The standard InChI is InChI=1S/C31H32N6O/c1-31(2,3)24-12-10-22(11-13-24)30(38)35-26-7-5-6-23(18-26)27-20-37-17-16-33-29(37)28(36-27)34-25-14-8-21(9-15-25)19-32-4/h5-18,20,32H,19H2,1-4H3,(H,34,36)(H,35,38). The second-order valence-corrected chi connectivity index (χ2v) is 10.3. The van der Waals surface area contributed by atoms with Gasteiger partial charge in [-0.3, -0.25) is 4.79 Å². The number of nitrogens with zero attached hydrogens (tertiary/aromatic N) is 3. The predicted molar refractivity (Wildman–Crippen MR) is 154 cm³/mol. The molecule has 3 N–H and O–H groups in total. The van der Waals surface area contributed by atoms with Crippen LogP contribution in [0, 0.1) is 0 Å². The number of carbonyl (C=O) groups is 1. The summed E-state index contributed by atoms with van der Waals surface area (Å²) >= 11 is 0. The molecule has 192 valence electrons. The highest BCUT2D eigenvalue weighted by atomic mass is 16.1. The molecule has 7 heteroatoms. The summed E-state index contributed by atoms with van der Waals surface area (Å²) in [7, 11) is 1.93. The highest BCUT2D eigenvalue weighted by Crippen LogP contribution is 2.27. The zero-order valence-electron chi connectivity index (χ0n) is 22.1. The third-order valence-electron chi connectivity index (χ3n) is 6.40. The van der Waals surface area contributed by atoms with Crippen LogP contribution in [0.2, 0.25) is 0 Å². The summed E-state index contributed by atoms with van der Waals surface area (Å²) in [6.07, 6.45) is 5.59. The lowest BCUT2D eigenvalue weighted by Gasteiger charge is -2.19. The molecule has 5 aromatic rings. The Hall–Kier alpha value is -4.49. The van der Waals surface area contributed by atoms with Crippen LogP contribution in [0.4, 0.5) is 17.2 Å². The minimum Gasteiger partial charge on any atom is -0.337 e. The van der Waals surface area contributed by atoms with E-state index in [4.69, 9.17) is 4.98 Å². The molecule has 0 spiro atoms. The molecule has 7 nitrogen and oxygen atoms in total. The van der Waals surface area contributed by atoms with E-state index in [1.807, 2.05) is 84.5 Å². The number of hydrogen-bond acceptors (Lipinski definition) is 5. The molecular weight excluding hydrogens is 472 g/mol. The van der Waals surface area contributed by atoms with Gasteiger partial charge in [0.1, 0.15) is 0 Å². The Morgan fingerprint density at radius 1 is 0.947 bits per heavy atom. The first-order valence-electron chi connectivity index (χ1n) is 12.7. The van der Waals surface area contributed by atoms with E-state index in [1.54, 1.807) is 6.20 Å². The van der Waals surface area contributed by atoms with Crippen molar-refractivity contribution in [3.63, 3.8) is 0 Å². The first-order chi connectivity index (χ1) is 18.3. The average molecular weight is 505 g/mol. The summed E-state index contributed by atoms with van der Waals surface area (Å²) in [6.45, 7) is 7.29. The largest absolute Gasteiger partial charge is 0.337 e. The highest BCUT2D eigenvalue weighted by Gasteiger charge is 2.15. The topological polar surface area (TPSA) is 83.4 Å². The number of aromatic nitrogens is 3. The smallest absolute Gasteiger partial charge is 0.255 e. The van der Waals surface area contributed by atoms with Gasteiger partial charge in [0.2, 0.25) is 0 Å². The van der Waals surface area contributed by atoms with Gasteiger partial charge < -0.3 is 20.4 Å². The van der Waals surface area contributed by atoms with Crippen LogP contribution in [0.5, 0.6) is 0 Å². The first kappa shape index (κ1) is 25.2. The number of fused-ring (bicyclic) bond motifs is 1. The van der Waals surface area contributed by atoms with E-state index in [1.165, 1.54) is 11.1 Å². The predicted octanol–water partition coefficient (Wildman–Crippen LogP) is 6.41. The summed E-state index contributed by atoms with van der Waals surface area (Å²) < 4.78 is 1.95. The van der Waals surface area contributed by atoms with E-state index >= 15 is 0 Å². The number of carbonyl (C=O) groups excluding carboxylic acids is 1. The van der Waals surface area contributed by atoms with Gasteiger partial charge in [0.05, 0.1) is 5.69 Å². The van der Waals surface area contributed by atoms with E-state index in [2.05, 4.69) is 53.8 Å². The molecular formula is C31H32N6O. The Morgan fingerprint density at radius 3 is 2.42 bits per heavy atom. The van der Waals surface area contributed by atoms with Crippen LogP contribution < -0.4 is 16.0 Å². The van der Waals surface area contributed by atoms with Crippen molar-refractivity contribution in [2.45, 2.75) is 32.7 Å². The normalized spacial score (nSPS) is 11.5. The van der Waals surface area contributed by atoms with E-state index in [-0.39, 0.29) is 11.3 Å². The first-order valence-corrected chi connectivity index (χ1v) is 12.7. The molecule has 0 bridgehead atoms. The second-order valence-electron chi connectivity index (χ2n) is 10.3. The summed E-state index contributed by atoms with van der Waals surface area (Å²) in [6, 6.07) is 23.7. The molecule has 0 fully saturated rings. The number of rotatable bonds is 7. The molecule has 0 unspecified atom stereocenters. The third-order valence-corrected chi connectivity index (χ3v) is 6.40. The number of hydrogen-bond donors (Lipinski definition) is 3. The Balaban J connectivity index is 1.39. The van der Waals surface area contributed by atoms with Crippen molar-refractivity contribution in [2.75, 3.05) is 17.7 Å². The van der Waals surface area contributed by atoms with Gasteiger partial charge in [-0.1, -0.05) is 57.2 Å². The van der Waals surface area contributed by atoms with Gasteiger partial charge in [0, 0.05) is 47.6 Å². The zero-order chi connectivity index (χ0) is 26.7. The van der Waals surface area contributed by atoms with Crippen LogP contribution in [0.1, 0.15) is 42.3 Å². The van der Waals surface area contributed by atoms with Gasteiger partial charge >= 0.3 is 0 Å². The summed E-state index contributed by atoms with van der Waals surface area (Å²) in [4.78, 5) is 22.3. The quantitative estimate of drug-likeness (QED) is 0.239. The Kier molecular flexibility index (Phi) is 6.94. The van der Waals surface area contributed by atoms with Crippen molar-refractivity contribution in [1.29, 1.82) is 0 Å². The molecule has 0 saturated heterocycles. The lowest BCUT2D eigenvalue weighted by atomic mass is 9.87. The number of imidazole rings is 1. The minimum atomic E-state index is -0.148. The van der Waals surface area contributed by atoms with Crippen molar-refractivity contribution in [1.82, 2.24) is 19.7 Å². The maximum absolute atomic E-state index is 12.9. The average Bonchev–Trinajstić information content (AvgIpc) is 3.39. The van der Waals surface area contributed by atoms with Gasteiger partial charge in [-0.05, 0) is 60.0 Å². The van der Waals surface area contributed by atoms with Crippen LogP contribution in [0.25, 0.3) is 16.9 Å². The van der Waals surface area contributed by atoms with Gasteiger partial charge in [0.25, 0.3) is 5.91 Å². The summed E-state index contributed by atoms with van der Waals surface area (Å²) in [5.74, 6) is 0.506. The molecule has 0 aliphatic carbocycles. The van der Waals surface area contributed by atoms with Crippen molar-refractivity contribution < 1.29 is 4.79 Å². The van der Waals surface area contributed by atoms with E-state index in [0.29, 0.717) is 17.1 Å². The Bertz CT molecular complexity index is 1560. The monoisotopic (exact) mass is 504 g/mol. The lowest BCUT2D eigenvalue weighted by molar-refractivity contribution is 0.102. The number of benzene rings is 3. The highest BCUT2D eigenvalue weighted by molar-refractivity contribution is 6.04. The molecule has 1 amide bonds. The number of anilines is 3. The molecule has 5 rings (SSSR count). The Morgan fingerprint density at radius 2 is 1.71 bits per heavy atom. The SMILES string of the molecule is CNCc1ccc(Nc2nc(-c3cccc(NC(=O)c4ccc(C(C)(C)C)cc4)c3)cn3ccnc23)cc1. The van der Waals surface area contributed by atoms with Crippen molar-refractivity contribution in [2.24, 2.45) is 0 Å². The lowest BCUT2D eigenvalue weighted by Crippen LogP contribution is -2.14. The fourth-order valence-corrected chi connectivity index (χ4v) is 4.28. The summed E-state index contributed by atoms with van der Waals surface area (Å²) in [5.41, 5.74) is 7.06. The fourth-order valence-electron chi connectivity index (χ4n) is 4.28. The minimum absolute atomic E-state index is 0.0381. The third kappa shape index (κ3) is 5.58. The van der Waals surface area contributed by atoms with E-state index in [9.17, 15) is 4.79 Å². The number of nitrogens with one attached hydrogen (secondary N) is 3. The molecule has 3 aromatic carbocycles. The van der Waals surface area contributed by atoms with Crippen LogP contribution in [-0.4, -0.2) is 27.3 Å². The molecule has 0 saturated carbocycles. The van der Waals surface area contributed by atoms with Crippen molar-refractivity contribution >= 4 is 28.7 Å². The molecule has 2 heterocycles. The van der Waals surface area contributed by atoms with Gasteiger partial charge in [0.15, 0.2) is 11.5 Å². The maximum Gasteiger partial charge on any atom is 0.255 e. The summed E-state index contributed by atoms with van der Waals surface area (Å²) in [5, 5.41) is 9.59. The molecule has 38 heavy (non-hydrogen) atoms. The fraction of sp³-hybridized carbons (Fsp3) is 0.194. The van der Waals surface area contributed by atoms with E-state index < -0.39 is 0 Å². The van der Waals surface area contributed by atoms with Crippen LogP contribution >= 0.6 is 0 Å².